The van der Waals surface area contributed by atoms with Gasteiger partial charge in [0.15, 0.2) is 0 Å². The molecule has 1 aromatic heterocycles. The average molecular weight is 568 g/mol. The molecule has 5 rings (SSSR count). The fourth-order valence-corrected chi connectivity index (χ4v) is 6.22. The van der Waals surface area contributed by atoms with Crippen LogP contribution >= 0.6 is 0 Å². The number of carbonyl (C=O) groups excluding carboxylic acids is 3. The summed E-state index contributed by atoms with van der Waals surface area (Å²) in [5.41, 5.74) is 7.64. The Hall–Kier alpha value is -3.79. The second-order valence-electron chi connectivity index (χ2n) is 10.9. The molecule has 3 atom stereocenters. The van der Waals surface area contributed by atoms with Crippen molar-refractivity contribution in [3.63, 3.8) is 0 Å². The van der Waals surface area contributed by atoms with E-state index >= 15 is 0 Å². The van der Waals surface area contributed by atoms with Gasteiger partial charge in [0.05, 0.1) is 6.61 Å². The molecule has 1 aliphatic heterocycles. The molecule has 0 spiro atoms. The zero-order valence-electron chi connectivity index (χ0n) is 23.0. The number of nitrogens with two attached hydrogens (primary N) is 1. The number of benzene rings is 2. The number of halogens is 2. The molecular formula is C31H35F2N3O5. The zero-order chi connectivity index (χ0) is 29.1. The van der Waals surface area contributed by atoms with Crippen LogP contribution in [-0.4, -0.2) is 54.6 Å². The quantitative estimate of drug-likeness (QED) is 0.363. The maximum atomic E-state index is 13.8. The van der Waals surface area contributed by atoms with Crippen LogP contribution in [0.3, 0.4) is 0 Å². The van der Waals surface area contributed by atoms with E-state index in [2.05, 4.69) is 5.32 Å². The van der Waals surface area contributed by atoms with Crippen molar-refractivity contribution in [2.45, 2.75) is 57.0 Å². The number of likely N-dealkylation sites (tertiary alicyclic amines) is 1. The van der Waals surface area contributed by atoms with Crippen molar-refractivity contribution in [2.24, 2.45) is 17.6 Å². The van der Waals surface area contributed by atoms with Crippen LogP contribution in [0.2, 0.25) is 0 Å². The van der Waals surface area contributed by atoms with Gasteiger partial charge in [-0.3, -0.25) is 9.59 Å². The fourth-order valence-electron chi connectivity index (χ4n) is 6.22. The summed E-state index contributed by atoms with van der Waals surface area (Å²) in [6, 6.07) is 11.3. The van der Waals surface area contributed by atoms with E-state index in [9.17, 15) is 23.2 Å². The first-order chi connectivity index (χ1) is 19.8. The summed E-state index contributed by atoms with van der Waals surface area (Å²) in [6.07, 6.45) is 3.10. The van der Waals surface area contributed by atoms with Gasteiger partial charge in [0.2, 0.25) is 17.6 Å². The predicted octanol–water partition coefficient (Wildman–Crippen LogP) is 5.18. The number of alkyl halides is 1. The number of fused-ring (bicyclic) bond motifs is 1. The monoisotopic (exact) mass is 567 g/mol. The van der Waals surface area contributed by atoms with Crippen molar-refractivity contribution in [3.8, 4) is 0 Å². The molecule has 2 aromatic carbocycles. The summed E-state index contributed by atoms with van der Waals surface area (Å²) in [5.74, 6) is -1.85. The van der Waals surface area contributed by atoms with Crippen molar-refractivity contribution >= 4 is 34.4 Å². The molecule has 3 aromatic rings. The highest BCUT2D eigenvalue weighted by Gasteiger charge is 2.45. The lowest BCUT2D eigenvalue weighted by Crippen LogP contribution is -2.48. The Morgan fingerprint density at radius 3 is 2.49 bits per heavy atom. The molecule has 1 saturated heterocycles. The topological polar surface area (TPSA) is 115 Å². The third-order valence-corrected chi connectivity index (χ3v) is 8.41. The highest BCUT2D eigenvalue weighted by atomic mass is 19.1. The summed E-state index contributed by atoms with van der Waals surface area (Å²) in [7, 11) is 0. The Labute approximate surface area is 237 Å². The lowest BCUT2D eigenvalue weighted by Gasteiger charge is -2.35. The molecule has 218 valence electrons. The van der Waals surface area contributed by atoms with Crippen LogP contribution in [0.25, 0.3) is 11.0 Å². The van der Waals surface area contributed by atoms with E-state index in [1.807, 2.05) is 0 Å². The Kier molecular flexibility index (Phi) is 8.68. The maximum Gasteiger partial charge on any atom is 0.374 e. The van der Waals surface area contributed by atoms with Crippen molar-refractivity contribution < 1.29 is 32.3 Å². The van der Waals surface area contributed by atoms with Gasteiger partial charge in [-0.25, -0.2) is 13.6 Å². The number of anilines is 1. The van der Waals surface area contributed by atoms with E-state index in [0.717, 1.165) is 5.56 Å². The minimum absolute atomic E-state index is 0.0517. The number of carbonyl (C=O) groups is 3. The number of hydrogen-bond donors (Lipinski definition) is 2. The number of rotatable bonds is 8. The van der Waals surface area contributed by atoms with Crippen molar-refractivity contribution in [3.05, 3.63) is 65.7 Å². The molecule has 2 fully saturated rings. The fraction of sp³-hybridized carbons (Fsp3) is 0.452. The zero-order valence-corrected chi connectivity index (χ0v) is 23.0. The van der Waals surface area contributed by atoms with Gasteiger partial charge in [-0.05, 0) is 86.9 Å². The van der Waals surface area contributed by atoms with Gasteiger partial charge >= 0.3 is 5.97 Å². The Morgan fingerprint density at radius 1 is 1.07 bits per heavy atom. The van der Waals surface area contributed by atoms with Crippen LogP contribution in [0.1, 0.15) is 61.1 Å². The van der Waals surface area contributed by atoms with Gasteiger partial charge in [-0.15, -0.1) is 0 Å². The summed E-state index contributed by atoms with van der Waals surface area (Å²) in [5, 5.41) is 3.56. The first-order valence-corrected chi connectivity index (χ1v) is 14.2. The highest BCUT2D eigenvalue weighted by molar-refractivity contribution is 6.00. The van der Waals surface area contributed by atoms with Crippen LogP contribution < -0.4 is 11.1 Å². The van der Waals surface area contributed by atoms with Gasteiger partial charge in [0, 0.05) is 35.5 Å². The lowest BCUT2D eigenvalue weighted by atomic mass is 9.78. The first-order valence-electron chi connectivity index (χ1n) is 14.2. The second-order valence-corrected chi connectivity index (χ2v) is 10.9. The van der Waals surface area contributed by atoms with Crippen LogP contribution in [0.4, 0.5) is 14.5 Å². The van der Waals surface area contributed by atoms with Gasteiger partial charge in [-0.1, -0.05) is 12.1 Å². The molecule has 2 aliphatic rings. The summed E-state index contributed by atoms with van der Waals surface area (Å²) < 4.78 is 37.3. The molecule has 2 amide bonds. The number of amides is 2. The van der Waals surface area contributed by atoms with E-state index in [0.29, 0.717) is 55.3 Å². The van der Waals surface area contributed by atoms with Crippen molar-refractivity contribution in [2.75, 3.05) is 25.1 Å². The molecule has 3 N–H and O–H groups in total. The predicted molar refractivity (Wildman–Crippen MR) is 149 cm³/mol. The SMILES string of the molecule is CCOC(=O)c1cc2cc(NC(=O)[C@@H]3[C@H](c4ccc(F)cc4)CCN3C(=O)[C@H]3CC[C@H](C(N)CF)CC3)ccc2o1. The van der Waals surface area contributed by atoms with Crippen molar-refractivity contribution in [1.82, 2.24) is 4.90 Å². The average Bonchev–Trinajstić information content (AvgIpc) is 3.62. The number of nitrogens with one attached hydrogen (secondary N) is 1. The number of ether oxygens (including phenoxy) is 1. The van der Waals surface area contributed by atoms with Crippen LogP contribution in [-0.2, 0) is 14.3 Å². The van der Waals surface area contributed by atoms with Crippen molar-refractivity contribution in [1.29, 1.82) is 0 Å². The second kappa shape index (κ2) is 12.4. The third kappa shape index (κ3) is 6.12. The number of hydrogen-bond acceptors (Lipinski definition) is 6. The number of nitrogens with zero attached hydrogens (tertiary/aromatic N) is 1. The lowest BCUT2D eigenvalue weighted by molar-refractivity contribution is -0.141. The van der Waals surface area contributed by atoms with Gasteiger partial charge in [0.25, 0.3) is 0 Å². The van der Waals surface area contributed by atoms with E-state index in [-0.39, 0.29) is 47.8 Å². The summed E-state index contributed by atoms with van der Waals surface area (Å²) in [4.78, 5) is 41.3. The smallest absolute Gasteiger partial charge is 0.374 e. The Bertz CT molecular complexity index is 1400. The molecule has 1 unspecified atom stereocenters. The largest absolute Gasteiger partial charge is 0.460 e. The van der Waals surface area contributed by atoms with Gasteiger partial charge in [0.1, 0.15) is 24.1 Å². The molecule has 2 heterocycles. The highest BCUT2D eigenvalue weighted by Crippen LogP contribution is 2.38. The third-order valence-electron chi connectivity index (χ3n) is 8.41. The summed E-state index contributed by atoms with van der Waals surface area (Å²) >= 11 is 0. The van der Waals surface area contributed by atoms with Crippen LogP contribution in [0.15, 0.2) is 52.9 Å². The minimum atomic E-state index is -0.797. The minimum Gasteiger partial charge on any atom is -0.460 e. The molecule has 1 aliphatic carbocycles. The van der Waals surface area contributed by atoms with E-state index < -0.39 is 24.7 Å². The number of furan rings is 1. The molecule has 41 heavy (non-hydrogen) atoms. The van der Waals surface area contributed by atoms with E-state index in [4.69, 9.17) is 14.9 Å². The molecule has 0 radical (unpaired) electrons. The Balaban J connectivity index is 1.37. The number of esters is 1. The summed E-state index contributed by atoms with van der Waals surface area (Å²) in [6.45, 7) is 1.74. The van der Waals surface area contributed by atoms with E-state index in [1.54, 1.807) is 48.2 Å². The van der Waals surface area contributed by atoms with Gasteiger partial charge in [-0.2, -0.15) is 0 Å². The maximum absolute atomic E-state index is 13.8. The molecule has 8 nitrogen and oxygen atoms in total. The van der Waals surface area contributed by atoms with Crippen LogP contribution in [0, 0.1) is 17.7 Å². The van der Waals surface area contributed by atoms with E-state index in [1.165, 1.54) is 12.1 Å². The molecule has 1 saturated carbocycles. The molecule has 0 bridgehead atoms. The van der Waals surface area contributed by atoms with Gasteiger partial charge < -0.3 is 25.1 Å². The van der Waals surface area contributed by atoms with Crippen LogP contribution in [0.5, 0.6) is 0 Å². The molecule has 10 heteroatoms. The molecular weight excluding hydrogens is 532 g/mol. The normalized spacial score (nSPS) is 23.4. The standard InChI is InChI=1S/C31H35F2N3O5/c1-2-40-31(39)27-16-21-15-23(11-12-26(21)41-27)35-29(37)28-24(18-7-9-22(33)10-8-18)13-14-36(28)30(38)20-5-3-19(4-6-20)25(34)17-32/h7-12,15-16,19-20,24-25,28H,2-6,13-14,17,34H2,1H3,(H,35,37)/t19-,20-,24-,25?,28-/m0/s1. The Morgan fingerprint density at radius 2 is 1.80 bits per heavy atom. The first kappa shape index (κ1) is 28.7.